The monoisotopic (exact) mass is 514 g/mol. The SMILES string of the molecule is C=CCC(O[Si](C)(C)C(C)(C)C)[C@@H](C=C)CCc1ccccc1C(=O)[Se]c1ccccc1. The summed E-state index contributed by atoms with van der Waals surface area (Å²) in [4.78, 5) is 13.1. The number of benzene rings is 2. The summed E-state index contributed by atoms with van der Waals surface area (Å²) in [5, 5.41) is 0.149. The first-order valence-electron chi connectivity index (χ1n) is 11.4. The molecule has 172 valence electrons. The van der Waals surface area contributed by atoms with E-state index in [1.54, 1.807) is 0 Å². The van der Waals surface area contributed by atoms with Crippen LogP contribution in [0.2, 0.25) is 18.1 Å². The maximum atomic E-state index is 13.1. The number of rotatable bonds is 12. The zero-order valence-electron chi connectivity index (χ0n) is 20.3. The van der Waals surface area contributed by atoms with E-state index in [2.05, 4.69) is 53.1 Å². The molecule has 0 amide bonds. The molecule has 1 unspecified atom stereocenters. The van der Waals surface area contributed by atoms with Crippen molar-refractivity contribution in [2.45, 2.75) is 64.3 Å². The van der Waals surface area contributed by atoms with E-state index in [0.29, 0.717) is 0 Å². The van der Waals surface area contributed by atoms with Gasteiger partial charge in [0.05, 0.1) is 0 Å². The zero-order chi connectivity index (χ0) is 23.8. The van der Waals surface area contributed by atoms with Gasteiger partial charge in [-0.25, -0.2) is 0 Å². The Hall–Kier alpha value is -1.71. The summed E-state index contributed by atoms with van der Waals surface area (Å²) in [6.45, 7) is 19.5. The Kier molecular flexibility index (Phi) is 9.91. The van der Waals surface area contributed by atoms with Gasteiger partial charge in [0.2, 0.25) is 0 Å². The summed E-state index contributed by atoms with van der Waals surface area (Å²) in [5.74, 6) is 0.213. The number of hydrogen-bond donors (Lipinski definition) is 0. The van der Waals surface area contributed by atoms with Gasteiger partial charge in [-0.15, -0.1) is 0 Å². The molecule has 2 aromatic rings. The molecule has 0 spiro atoms. The van der Waals surface area contributed by atoms with Crippen molar-refractivity contribution in [3.05, 3.63) is 91.0 Å². The van der Waals surface area contributed by atoms with Gasteiger partial charge in [-0.3, -0.25) is 0 Å². The fourth-order valence-electron chi connectivity index (χ4n) is 3.40. The molecule has 0 saturated heterocycles. The molecule has 0 aliphatic rings. The topological polar surface area (TPSA) is 26.3 Å². The van der Waals surface area contributed by atoms with E-state index in [4.69, 9.17) is 4.43 Å². The maximum absolute atomic E-state index is 13.1. The summed E-state index contributed by atoms with van der Waals surface area (Å²) in [6, 6.07) is 18.1. The fraction of sp³-hybridized carbons (Fsp3) is 0.393. The first-order valence-corrected chi connectivity index (χ1v) is 16.0. The van der Waals surface area contributed by atoms with Gasteiger partial charge in [0.25, 0.3) is 0 Å². The zero-order valence-corrected chi connectivity index (χ0v) is 23.0. The first-order chi connectivity index (χ1) is 15.1. The Bertz CT molecular complexity index is 899. The average Bonchev–Trinajstić information content (AvgIpc) is 2.74. The summed E-state index contributed by atoms with van der Waals surface area (Å²) in [6.07, 6.45) is 6.59. The minimum absolute atomic E-state index is 0.0716. The Balaban J connectivity index is 2.15. The van der Waals surface area contributed by atoms with Crippen molar-refractivity contribution in [1.29, 1.82) is 0 Å². The second kappa shape index (κ2) is 11.9. The molecule has 4 heteroatoms. The van der Waals surface area contributed by atoms with Crippen molar-refractivity contribution < 1.29 is 9.22 Å². The normalized spacial score (nSPS) is 13.9. The van der Waals surface area contributed by atoms with Gasteiger partial charge < -0.3 is 0 Å². The molecule has 2 aromatic carbocycles. The number of aryl methyl sites for hydroxylation is 1. The van der Waals surface area contributed by atoms with Crippen LogP contribution in [0.4, 0.5) is 0 Å². The van der Waals surface area contributed by atoms with Crippen molar-refractivity contribution in [2.24, 2.45) is 5.92 Å². The second-order valence-corrected chi connectivity index (χ2v) is 16.7. The predicted octanol–water partition coefficient (Wildman–Crippen LogP) is 6.56. The Labute approximate surface area is 202 Å². The molecule has 0 N–H and O–H groups in total. The van der Waals surface area contributed by atoms with Crippen LogP contribution in [0.5, 0.6) is 0 Å². The Morgan fingerprint density at radius 2 is 1.69 bits per heavy atom. The third-order valence-electron chi connectivity index (χ3n) is 6.37. The Morgan fingerprint density at radius 3 is 2.28 bits per heavy atom. The van der Waals surface area contributed by atoms with Crippen LogP contribution in [0.3, 0.4) is 0 Å². The number of carbonyl (C=O) groups is 1. The molecule has 2 nitrogen and oxygen atoms in total. The van der Waals surface area contributed by atoms with Gasteiger partial charge in [0.15, 0.2) is 0 Å². The molecule has 0 aliphatic carbocycles. The van der Waals surface area contributed by atoms with E-state index in [1.807, 2.05) is 60.7 Å². The predicted molar refractivity (Wildman–Crippen MR) is 141 cm³/mol. The third kappa shape index (κ3) is 7.42. The van der Waals surface area contributed by atoms with Crippen LogP contribution in [0, 0.1) is 5.92 Å². The van der Waals surface area contributed by atoms with Crippen molar-refractivity contribution >= 4 is 32.4 Å². The average molecular weight is 514 g/mol. The summed E-state index contributed by atoms with van der Waals surface area (Å²) in [7, 11) is -1.91. The van der Waals surface area contributed by atoms with Crippen LogP contribution >= 0.6 is 0 Å². The van der Waals surface area contributed by atoms with E-state index < -0.39 is 8.32 Å². The Morgan fingerprint density at radius 1 is 1.06 bits per heavy atom. The molecule has 0 saturated carbocycles. The third-order valence-corrected chi connectivity index (χ3v) is 12.8. The van der Waals surface area contributed by atoms with Gasteiger partial charge in [-0.05, 0) is 0 Å². The van der Waals surface area contributed by atoms with E-state index in [0.717, 1.165) is 34.9 Å². The van der Waals surface area contributed by atoms with Crippen molar-refractivity contribution in [3.63, 3.8) is 0 Å². The van der Waals surface area contributed by atoms with Crippen molar-refractivity contribution in [1.82, 2.24) is 0 Å². The summed E-state index contributed by atoms with van der Waals surface area (Å²) < 4.78 is 8.11. The fourth-order valence-corrected chi connectivity index (χ4v) is 6.49. The summed E-state index contributed by atoms with van der Waals surface area (Å²) >= 11 is -0.216. The van der Waals surface area contributed by atoms with Gasteiger partial charge in [-0.2, -0.15) is 0 Å². The summed E-state index contributed by atoms with van der Waals surface area (Å²) in [5.41, 5.74) is 1.97. The van der Waals surface area contributed by atoms with Gasteiger partial charge >= 0.3 is 203 Å². The molecule has 0 radical (unpaired) electrons. The second-order valence-electron chi connectivity index (χ2n) is 9.74. The molecular formula is C28H38O2SeSi. The van der Waals surface area contributed by atoms with Crippen LogP contribution in [-0.4, -0.2) is 34.1 Å². The number of hydrogen-bond acceptors (Lipinski definition) is 2. The number of carbonyl (C=O) groups excluding carboxylic acids is 1. The molecule has 0 heterocycles. The standard InChI is InChI=1S/C28H38O2SeSi/c1-8-15-26(30-32(6,7)28(3,4)5)22(9-2)20-21-23-16-13-14-19-25(23)27(29)31-24-17-11-10-12-18-24/h8-14,16-19,22,26H,1-2,15,20-21H2,3-7H3/t22-,26?/m0/s1. The molecule has 32 heavy (non-hydrogen) atoms. The molecule has 2 rings (SSSR count). The molecule has 0 aliphatic heterocycles. The van der Waals surface area contributed by atoms with Gasteiger partial charge in [0.1, 0.15) is 0 Å². The van der Waals surface area contributed by atoms with E-state index in [9.17, 15) is 4.79 Å². The first kappa shape index (κ1) is 26.5. The van der Waals surface area contributed by atoms with Crippen LogP contribution < -0.4 is 4.46 Å². The van der Waals surface area contributed by atoms with E-state index >= 15 is 0 Å². The van der Waals surface area contributed by atoms with Crippen molar-refractivity contribution in [3.8, 4) is 0 Å². The molecular weight excluding hydrogens is 475 g/mol. The van der Waals surface area contributed by atoms with Gasteiger partial charge in [0, 0.05) is 0 Å². The van der Waals surface area contributed by atoms with Crippen LogP contribution in [0.25, 0.3) is 0 Å². The van der Waals surface area contributed by atoms with Crippen LogP contribution in [0.1, 0.15) is 49.5 Å². The van der Waals surface area contributed by atoms with Gasteiger partial charge in [-0.1, -0.05) is 0 Å². The van der Waals surface area contributed by atoms with Crippen LogP contribution in [-0.2, 0) is 10.8 Å². The molecule has 2 atom stereocenters. The molecule has 0 bridgehead atoms. The quantitative estimate of drug-likeness (QED) is 0.237. The van der Waals surface area contributed by atoms with Crippen LogP contribution in [0.15, 0.2) is 79.9 Å². The molecule has 0 fully saturated rings. The minimum atomic E-state index is -1.91. The molecule has 0 aromatic heterocycles. The van der Waals surface area contributed by atoms with Crippen molar-refractivity contribution in [2.75, 3.05) is 0 Å². The van der Waals surface area contributed by atoms with E-state index in [1.165, 1.54) is 0 Å². The van der Waals surface area contributed by atoms with E-state index in [-0.39, 0.29) is 36.7 Å².